The minimum absolute atomic E-state index is 0.148. The predicted molar refractivity (Wildman–Crippen MR) is 89.1 cm³/mol. The molecular formula is C15H21ClN2O3S. The van der Waals surface area contributed by atoms with E-state index in [0.717, 1.165) is 6.42 Å². The SMILES string of the molecule is CCN(CC)C(=O)c1cc(N2CCCCS2(=O)=O)ccc1Cl. The molecule has 0 bridgehead atoms. The fourth-order valence-corrected chi connectivity index (χ4v) is 4.42. The third kappa shape index (κ3) is 3.38. The fourth-order valence-electron chi connectivity index (χ4n) is 2.59. The van der Waals surface area contributed by atoms with E-state index in [1.54, 1.807) is 23.1 Å². The maximum atomic E-state index is 12.5. The quantitative estimate of drug-likeness (QED) is 0.843. The van der Waals surface area contributed by atoms with Gasteiger partial charge in [0, 0.05) is 19.6 Å². The molecule has 0 atom stereocenters. The van der Waals surface area contributed by atoms with Gasteiger partial charge in [0.15, 0.2) is 0 Å². The standard InChI is InChI=1S/C15H21ClN2O3S/c1-3-17(4-2)15(19)13-11-12(7-8-14(13)16)18-9-5-6-10-22(18,20)21/h7-8,11H,3-6,9-10H2,1-2H3. The lowest BCUT2D eigenvalue weighted by molar-refractivity contribution is 0.0773. The summed E-state index contributed by atoms with van der Waals surface area (Å²) in [5.41, 5.74) is 0.864. The summed E-state index contributed by atoms with van der Waals surface area (Å²) in [7, 11) is -3.30. The van der Waals surface area contributed by atoms with Crippen LogP contribution in [-0.2, 0) is 10.0 Å². The van der Waals surface area contributed by atoms with Crippen molar-refractivity contribution in [1.82, 2.24) is 4.90 Å². The van der Waals surface area contributed by atoms with Crippen LogP contribution in [0.5, 0.6) is 0 Å². The fraction of sp³-hybridized carbons (Fsp3) is 0.533. The molecule has 0 N–H and O–H groups in total. The molecule has 2 rings (SSSR count). The number of hydrogen-bond acceptors (Lipinski definition) is 3. The van der Waals surface area contributed by atoms with Gasteiger partial charge in [-0.25, -0.2) is 8.42 Å². The topological polar surface area (TPSA) is 57.7 Å². The molecule has 5 nitrogen and oxygen atoms in total. The van der Waals surface area contributed by atoms with Gasteiger partial charge in [0.05, 0.1) is 22.0 Å². The van der Waals surface area contributed by atoms with Crippen LogP contribution in [0.4, 0.5) is 5.69 Å². The zero-order valence-electron chi connectivity index (χ0n) is 12.9. The van der Waals surface area contributed by atoms with Crippen molar-refractivity contribution in [2.24, 2.45) is 0 Å². The Balaban J connectivity index is 2.40. The van der Waals surface area contributed by atoms with E-state index in [2.05, 4.69) is 0 Å². The third-order valence-corrected chi connectivity index (χ3v) is 6.07. The summed E-state index contributed by atoms with van der Waals surface area (Å²) in [5.74, 6) is -0.0270. The van der Waals surface area contributed by atoms with Crippen LogP contribution >= 0.6 is 11.6 Å². The van der Waals surface area contributed by atoms with Crippen molar-refractivity contribution in [2.75, 3.05) is 29.7 Å². The Labute approximate surface area is 136 Å². The van der Waals surface area contributed by atoms with Gasteiger partial charge in [-0.05, 0) is 44.9 Å². The van der Waals surface area contributed by atoms with Crippen molar-refractivity contribution in [1.29, 1.82) is 0 Å². The average molecular weight is 345 g/mol. The van der Waals surface area contributed by atoms with Crippen molar-refractivity contribution >= 4 is 33.2 Å². The molecule has 1 aliphatic heterocycles. The summed E-state index contributed by atoms with van der Waals surface area (Å²) in [6, 6.07) is 4.84. The molecule has 1 aliphatic rings. The third-order valence-electron chi connectivity index (χ3n) is 3.87. The number of carbonyl (C=O) groups is 1. The molecule has 0 spiro atoms. The van der Waals surface area contributed by atoms with Gasteiger partial charge in [-0.15, -0.1) is 0 Å². The number of nitrogens with zero attached hydrogens (tertiary/aromatic N) is 2. The summed E-state index contributed by atoms with van der Waals surface area (Å²) in [6.07, 6.45) is 1.50. The molecule has 1 aromatic rings. The number of carbonyl (C=O) groups excluding carboxylic acids is 1. The van der Waals surface area contributed by atoms with Gasteiger partial charge in [-0.3, -0.25) is 9.10 Å². The molecule has 0 unspecified atom stereocenters. The Bertz CT molecular complexity index is 657. The lowest BCUT2D eigenvalue weighted by Crippen LogP contribution is -2.38. The first-order valence-corrected chi connectivity index (χ1v) is 9.48. The van der Waals surface area contributed by atoms with E-state index >= 15 is 0 Å². The number of rotatable bonds is 4. The second kappa shape index (κ2) is 6.87. The van der Waals surface area contributed by atoms with E-state index in [0.29, 0.717) is 42.3 Å². The van der Waals surface area contributed by atoms with E-state index in [1.165, 1.54) is 4.31 Å². The maximum Gasteiger partial charge on any atom is 0.255 e. The number of sulfonamides is 1. The molecule has 122 valence electrons. The molecule has 0 aromatic heterocycles. The molecule has 1 amide bonds. The lowest BCUT2D eigenvalue weighted by atomic mass is 10.1. The minimum Gasteiger partial charge on any atom is -0.339 e. The molecule has 1 fully saturated rings. The molecule has 1 heterocycles. The van der Waals surface area contributed by atoms with Crippen LogP contribution in [0.3, 0.4) is 0 Å². The van der Waals surface area contributed by atoms with Gasteiger partial charge in [0.25, 0.3) is 5.91 Å². The summed E-state index contributed by atoms with van der Waals surface area (Å²) in [4.78, 5) is 14.2. The van der Waals surface area contributed by atoms with Crippen LogP contribution < -0.4 is 4.31 Å². The molecular weight excluding hydrogens is 324 g/mol. The Kier molecular flexibility index (Phi) is 5.34. The van der Waals surface area contributed by atoms with Crippen LogP contribution in [0.1, 0.15) is 37.0 Å². The molecule has 7 heteroatoms. The van der Waals surface area contributed by atoms with Crippen molar-refractivity contribution in [3.63, 3.8) is 0 Å². The Morgan fingerprint density at radius 1 is 1.27 bits per heavy atom. The van der Waals surface area contributed by atoms with Crippen LogP contribution in [0.25, 0.3) is 0 Å². The second-order valence-electron chi connectivity index (χ2n) is 5.24. The Morgan fingerprint density at radius 2 is 1.95 bits per heavy atom. The molecule has 0 saturated carbocycles. The highest BCUT2D eigenvalue weighted by Crippen LogP contribution is 2.28. The van der Waals surface area contributed by atoms with Crippen molar-refractivity contribution < 1.29 is 13.2 Å². The molecule has 22 heavy (non-hydrogen) atoms. The molecule has 0 radical (unpaired) electrons. The summed E-state index contributed by atoms with van der Waals surface area (Å²) in [6.45, 7) is 5.40. The molecule has 1 saturated heterocycles. The van der Waals surface area contributed by atoms with E-state index in [4.69, 9.17) is 11.6 Å². The smallest absolute Gasteiger partial charge is 0.255 e. The van der Waals surface area contributed by atoms with Crippen LogP contribution in [0.2, 0.25) is 5.02 Å². The summed E-state index contributed by atoms with van der Waals surface area (Å²) >= 11 is 6.14. The molecule has 0 aliphatic carbocycles. The van der Waals surface area contributed by atoms with E-state index in [-0.39, 0.29) is 11.7 Å². The number of anilines is 1. The lowest BCUT2D eigenvalue weighted by Gasteiger charge is -2.29. The summed E-state index contributed by atoms with van der Waals surface area (Å²) < 4.78 is 25.8. The Morgan fingerprint density at radius 3 is 2.55 bits per heavy atom. The van der Waals surface area contributed by atoms with E-state index in [9.17, 15) is 13.2 Å². The first-order chi connectivity index (χ1) is 10.4. The van der Waals surface area contributed by atoms with Crippen molar-refractivity contribution in [2.45, 2.75) is 26.7 Å². The number of benzene rings is 1. The zero-order chi connectivity index (χ0) is 16.3. The normalized spacial score (nSPS) is 17.3. The van der Waals surface area contributed by atoms with Crippen molar-refractivity contribution in [3.8, 4) is 0 Å². The van der Waals surface area contributed by atoms with Crippen LogP contribution in [-0.4, -0.2) is 44.6 Å². The summed E-state index contributed by atoms with van der Waals surface area (Å²) in [5, 5.41) is 0.343. The Hall–Kier alpha value is -1.27. The van der Waals surface area contributed by atoms with Crippen LogP contribution in [0, 0.1) is 0 Å². The van der Waals surface area contributed by atoms with Crippen molar-refractivity contribution in [3.05, 3.63) is 28.8 Å². The second-order valence-corrected chi connectivity index (χ2v) is 7.66. The van der Waals surface area contributed by atoms with Gasteiger partial charge >= 0.3 is 0 Å². The van der Waals surface area contributed by atoms with Gasteiger partial charge in [-0.1, -0.05) is 11.6 Å². The van der Waals surface area contributed by atoms with Crippen LogP contribution in [0.15, 0.2) is 18.2 Å². The highest BCUT2D eigenvalue weighted by Gasteiger charge is 2.27. The first-order valence-electron chi connectivity index (χ1n) is 7.50. The zero-order valence-corrected chi connectivity index (χ0v) is 14.5. The largest absolute Gasteiger partial charge is 0.339 e. The number of halogens is 1. The highest BCUT2D eigenvalue weighted by molar-refractivity contribution is 7.92. The van der Waals surface area contributed by atoms with E-state index in [1.807, 2.05) is 13.8 Å². The van der Waals surface area contributed by atoms with Gasteiger partial charge in [0.1, 0.15) is 0 Å². The number of amides is 1. The minimum atomic E-state index is -3.30. The van der Waals surface area contributed by atoms with E-state index < -0.39 is 10.0 Å². The maximum absolute atomic E-state index is 12.5. The highest BCUT2D eigenvalue weighted by atomic mass is 35.5. The van der Waals surface area contributed by atoms with Gasteiger partial charge in [0.2, 0.25) is 10.0 Å². The number of hydrogen-bond donors (Lipinski definition) is 0. The monoisotopic (exact) mass is 344 g/mol. The average Bonchev–Trinajstić information content (AvgIpc) is 2.49. The first kappa shape index (κ1) is 17.1. The van der Waals surface area contributed by atoms with Gasteiger partial charge in [-0.2, -0.15) is 0 Å². The molecule has 1 aromatic carbocycles. The van der Waals surface area contributed by atoms with Gasteiger partial charge < -0.3 is 4.90 Å². The predicted octanol–water partition coefficient (Wildman–Crippen LogP) is 2.75.